The van der Waals surface area contributed by atoms with Crippen LogP contribution in [0.25, 0.3) is 11.3 Å². The number of allylic oxidation sites excluding steroid dienone is 1. The lowest BCUT2D eigenvalue weighted by Crippen LogP contribution is -2.07. The van der Waals surface area contributed by atoms with Crippen LogP contribution in [0.2, 0.25) is 0 Å². The molecule has 0 unspecified atom stereocenters. The molecule has 0 saturated carbocycles. The normalized spacial score (nSPS) is 13.9. The number of aromatic nitrogens is 2. The van der Waals surface area contributed by atoms with Gasteiger partial charge in [-0.2, -0.15) is 0 Å². The van der Waals surface area contributed by atoms with E-state index in [0.29, 0.717) is 6.54 Å². The van der Waals surface area contributed by atoms with Crippen LogP contribution in [0.3, 0.4) is 0 Å². The van der Waals surface area contributed by atoms with Crippen molar-refractivity contribution in [3.63, 3.8) is 0 Å². The van der Waals surface area contributed by atoms with Gasteiger partial charge in [-0.15, -0.1) is 0 Å². The fourth-order valence-electron chi connectivity index (χ4n) is 2.90. The van der Waals surface area contributed by atoms with Crippen LogP contribution in [0.5, 0.6) is 0 Å². The number of hydrogen-bond donors (Lipinski definition) is 1. The predicted octanol–water partition coefficient (Wildman–Crippen LogP) is 3.27. The third kappa shape index (κ3) is 2.59. The third-order valence-electron chi connectivity index (χ3n) is 3.93. The molecule has 3 rings (SSSR count). The van der Waals surface area contributed by atoms with Gasteiger partial charge in [0.2, 0.25) is 0 Å². The van der Waals surface area contributed by atoms with Crippen molar-refractivity contribution < 1.29 is 0 Å². The van der Waals surface area contributed by atoms with Crippen molar-refractivity contribution in [1.29, 1.82) is 0 Å². The second-order valence-corrected chi connectivity index (χ2v) is 5.77. The Kier molecular flexibility index (Phi) is 3.86. The van der Waals surface area contributed by atoms with E-state index in [9.17, 15) is 0 Å². The van der Waals surface area contributed by atoms with Crippen molar-refractivity contribution in [3.05, 3.63) is 48.1 Å². The summed E-state index contributed by atoms with van der Waals surface area (Å²) in [6, 6.07) is 5.88. The summed E-state index contributed by atoms with van der Waals surface area (Å²) in [5.74, 6) is 0.721. The molecule has 0 aliphatic carbocycles. The molecule has 0 radical (unpaired) electrons. The number of nitrogens with two attached hydrogens (primary N) is 1. The third-order valence-corrected chi connectivity index (χ3v) is 3.93. The van der Waals surface area contributed by atoms with Crippen molar-refractivity contribution in [2.24, 2.45) is 9.98 Å². The first-order valence-corrected chi connectivity index (χ1v) is 7.72. The van der Waals surface area contributed by atoms with Gasteiger partial charge in [0.05, 0.1) is 17.9 Å². The SMILES string of the molecule is C=C(C)c1c(N)cccc1-n1cnc(C2=NCC(C)=N2)c1CC. The number of aliphatic imine (C=N–C) groups is 2. The molecule has 1 aliphatic rings. The number of amidine groups is 1. The maximum atomic E-state index is 6.16. The minimum atomic E-state index is 0.653. The summed E-state index contributed by atoms with van der Waals surface area (Å²) in [5.41, 5.74) is 12.7. The Bertz CT molecular complexity index is 839. The van der Waals surface area contributed by atoms with Gasteiger partial charge in [-0.3, -0.25) is 4.99 Å². The Morgan fingerprint density at radius 1 is 1.39 bits per heavy atom. The molecule has 2 aromatic rings. The van der Waals surface area contributed by atoms with Crippen LogP contribution in [0, 0.1) is 0 Å². The van der Waals surface area contributed by atoms with E-state index in [0.717, 1.165) is 51.9 Å². The van der Waals surface area contributed by atoms with Crippen molar-refractivity contribution in [2.45, 2.75) is 27.2 Å². The second kappa shape index (κ2) is 5.83. The van der Waals surface area contributed by atoms with Gasteiger partial charge in [0, 0.05) is 17.0 Å². The lowest BCUT2D eigenvalue weighted by Gasteiger charge is -2.15. The first-order chi connectivity index (χ1) is 11.0. The summed E-state index contributed by atoms with van der Waals surface area (Å²) in [5, 5.41) is 0. The monoisotopic (exact) mass is 307 g/mol. The lowest BCUT2D eigenvalue weighted by molar-refractivity contribution is 0.929. The van der Waals surface area contributed by atoms with Crippen LogP contribution in [-0.4, -0.2) is 27.6 Å². The zero-order chi connectivity index (χ0) is 16.6. The molecule has 0 saturated heterocycles. The maximum absolute atomic E-state index is 6.16. The Morgan fingerprint density at radius 3 is 2.78 bits per heavy atom. The Morgan fingerprint density at radius 2 is 2.17 bits per heavy atom. The zero-order valence-electron chi connectivity index (χ0n) is 13.8. The number of nitrogens with zero attached hydrogens (tertiary/aromatic N) is 4. The van der Waals surface area contributed by atoms with Crippen LogP contribution in [0.1, 0.15) is 37.7 Å². The van der Waals surface area contributed by atoms with E-state index in [4.69, 9.17) is 5.73 Å². The summed E-state index contributed by atoms with van der Waals surface area (Å²) >= 11 is 0. The Balaban J connectivity index is 2.18. The van der Waals surface area contributed by atoms with Gasteiger partial charge >= 0.3 is 0 Å². The van der Waals surface area contributed by atoms with Gasteiger partial charge in [-0.25, -0.2) is 9.98 Å². The van der Waals surface area contributed by atoms with Crippen LogP contribution in [-0.2, 0) is 6.42 Å². The Labute approximate surface area is 136 Å². The van der Waals surface area contributed by atoms with Crippen LogP contribution >= 0.6 is 0 Å². The quantitative estimate of drug-likeness (QED) is 0.881. The van der Waals surface area contributed by atoms with E-state index in [1.807, 2.05) is 38.4 Å². The van der Waals surface area contributed by atoms with E-state index in [1.165, 1.54) is 0 Å². The molecule has 2 N–H and O–H groups in total. The van der Waals surface area contributed by atoms with E-state index in [2.05, 4.69) is 33.0 Å². The second-order valence-electron chi connectivity index (χ2n) is 5.77. The number of rotatable bonds is 4. The molecule has 1 aromatic heterocycles. The molecule has 118 valence electrons. The van der Waals surface area contributed by atoms with Crippen molar-refractivity contribution >= 4 is 22.8 Å². The zero-order valence-corrected chi connectivity index (χ0v) is 13.8. The molecule has 0 amide bonds. The van der Waals surface area contributed by atoms with Gasteiger partial charge < -0.3 is 10.3 Å². The minimum Gasteiger partial charge on any atom is -0.398 e. The van der Waals surface area contributed by atoms with Gasteiger partial charge in [-0.05, 0) is 38.0 Å². The van der Waals surface area contributed by atoms with Gasteiger partial charge in [0.25, 0.3) is 0 Å². The summed E-state index contributed by atoms with van der Waals surface area (Å²) in [6.07, 6.45) is 2.65. The number of nitrogen functional groups attached to an aromatic ring is 1. The van der Waals surface area contributed by atoms with Crippen molar-refractivity contribution in [3.8, 4) is 5.69 Å². The summed E-state index contributed by atoms with van der Waals surface area (Å²) in [4.78, 5) is 13.5. The standard InChI is InChI=1S/C18H21N5/c1-5-14-17(18-20-9-12(4)22-18)21-10-23(14)15-8-6-7-13(19)16(15)11(2)3/h6-8,10H,2,5,9,19H2,1,3-4H3. The summed E-state index contributed by atoms with van der Waals surface area (Å²) in [7, 11) is 0. The van der Waals surface area contributed by atoms with E-state index in [-0.39, 0.29) is 0 Å². The summed E-state index contributed by atoms with van der Waals surface area (Å²) in [6.45, 7) is 10.8. The van der Waals surface area contributed by atoms with Gasteiger partial charge in [0.1, 0.15) is 12.0 Å². The predicted molar refractivity (Wildman–Crippen MR) is 96.6 cm³/mol. The largest absolute Gasteiger partial charge is 0.398 e. The summed E-state index contributed by atoms with van der Waals surface area (Å²) < 4.78 is 2.07. The molecule has 0 fully saturated rings. The molecule has 2 heterocycles. The molecule has 0 spiro atoms. The Hall–Kier alpha value is -2.69. The fraction of sp³-hybridized carbons (Fsp3) is 0.278. The highest BCUT2D eigenvalue weighted by Gasteiger charge is 2.20. The van der Waals surface area contributed by atoms with Crippen molar-refractivity contribution in [1.82, 2.24) is 9.55 Å². The average molecular weight is 307 g/mol. The molecule has 0 atom stereocenters. The molecule has 0 bridgehead atoms. The topological polar surface area (TPSA) is 68.6 Å². The highest BCUT2D eigenvalue weighted by Crippen LogP contribution is 2.29. The smallest absolute Gasteiger partial charge is 0.175 e. The molecule has 5 nitrogen and oxygen atoms in total. The average Bonchev–Trinajstić information content (AvgIpc) is 3.11. The maximum Gasteiger partial charge on any atom is 0.175 e. The lowest BCUT2D eigenvalue weighted by atomic mass is 10.0. The number of benzene rings is 1. The highest BCUT2D eigenvalue weighted by atomic mass is 15.1. The number of anilines is 1. The number of imidazole rings is 1. The molecule has 23 heavy (non-hydrogen) atoms. The highest BCUT2D eigenvalue weighted by molar-refractivity contribution is 6.10. The minimum absolute atomic E-state index is 0.653. The molecular weight excluding hydrogens is 286 g/mol. The van der Waals surface area contributed by atoms with Gasteiger partial charge in [0.15, 0.2) is 5.84 Å². The fourth-order valence-corrected chi connectivity index (χ4v) is 2.90. The molecule has 1 aliphatic heterocycles. The molecule has 5 heteroatoms. The van der Waals surface area contributed by atoms with E-state index in [1.54, 1.807) is 0 Å². The first kappa shape index (κ1) is 15.2. The molecular formula is C18H21N5. The van der Waals surface area contributed by atoms with E-state index < -0.39 is 0 Å². The van der Waals surface area contributed by atoms with Crippen LogP contribution < -0.4 is 5.73 Å². The molecule has 1 aromatic carbocycles. The van der Waals surface area contributed by atoms with Crippen LogP contribution in [0.4, 0.5) is 5.69 Å². The van der Waals surface area contributed by atoms with Crippen molar-refractivity contribution in [2.75, 3.05) is 12.3 Å². The van der Waals surface area contributed by atoms with Gasteiger partial charge in [-0.1, -0.05) is 19.6 Å². The first-order valence-electron chi connectivity index (χ1n) is 7.72. The van der Waals surface area contributed by atoms with Crippen LogP contribution in [0.15, 0.2) is 41.1 Å². The van der Waals surface area contributed by atoms with E-state index >= 15 is 0 Å². The number of hydrogen-bond acceptors (Lipinski definition) is 4.